The van der Waals surface area contributed by atoms with Gasteiger partial charge in [-0.3, -0.25) is 4.79 Å². The van der Waals surface area contributed by atoms with Crippen LogP contribution in [0.25, 0.3) is 11.4 Å². The van der Waals surface area contributed by atoms with Gasteiger partial charge in [-0.25, -0.2) is 13.1 Å². The lowest BCUT2D eigenvalue weighted by Crippen LogP contribution is -2.27. The lowest BCUT2D eigenvalue weighted by molar-refractivity contribution is 0.0743. The molecule has 0 spiro atoms. The predicted octanol–water partition coefficient (Wildman–Crippen LogP) is 2.11. The van der Waals surface area contributed by atoms with Crippen molar-refractivity contribution >= 4 is 27.3 Å². The lowest BCUT2D eigenvalue weighted by atomic mass is 10.3. The fraction of sp³-hybridized carbons (Fsp3) is 0.312. The van der Waals surface area contributed by atoms with Gasteiger partial charge in [-0.1, -0.05) is 5.16 Å². The van der Waals surface area contributed by atoms with Crippen molar-refractivity contribution in [3.8, 4) is 11.4 Å². The molecule has 0 bridgehead atoms. The van der Waals surface area contributed by atoms with E-state index in [1.807, 2.05) is 0 Å². The minimum Gasteiger partial charge on any atom is -0.468 e. The van der Waals surface area contributed by atoms with E-state index in [0.717, 1.165) is 24.2 Å². The van der Waals surface area contributed by atoms with Gasteiger partial charge in [0.15, 0.2) is 0 Å². The van der Waals surface area contributed by atoms with Gasteiger partial charge in [0, 0.05) is 24.0 Å². The molecular weight excluding hydrogens is 392 g/mol. The van der Waals surface area contributed by atoms with E-state index < -0.39 is 10.0 Å². The van der Waals surface area contributed by atoms with Crippen LogP contribution >= 0.6 is 11.3 Å². The summed E-state index contributed by atoms with van der Waals surface area (Å²) >= 11 is 1.03. The van der Waals surface area contributed by atoms with E-state index in [-0.39, 0.29) is 28.4 Å². The summed E-state index contributed by atoms with van der Waals surface area (Å²) in [6.45, 7) is 1.41. The highest BCUT2D eigenvalue weighted by Crippen LogP contribution is 2.27. The highest BCUT2D eigenvalue weighted by molar-refractivity contribution is 7.91. The van der Waals surface area contributed by atoms with E-state index in [1.165, 1.54) is 12.3 Å². The van der Waals surface area contributed by atoms with Crippen LogP contribution in [0.2, 0.25) is 0 Å². The number of aromatic nitrogens is 2. The molecule has 142 valence electrons. The second-order valence-corrected chi connectivity index (χ2v) is 8.89. The minimum atomic E-state index is -3.70. The van der Waals surface area contributed by atoms with Crippen molar-refractivity contribution in [1.82, 2.24) is 19.8 Å². The number of furan rings is 1. The Morgan fingerprint density at radius 1 is 1.33 bits per heavy atom. The zero-order chi connectivity index (χ0) is 18.9. The Kier molecular flexibility index (Phi) is 4.81. The van der Waals surface area contributed by atoms with E-state index in [4.69, 9.17) is 8.94 Å². The molecule has 1 aliphatic heterocycles. The molecule has 1 amide bonds. The SMILES string of the molecule is O=C(c1nc(-c2csc(S(=O)(=O)NCc3ccco3)c2)no1)N1CCCC1. The molecule has 1 fully saturated rings. The highest BCUT2D eigenvalue weighted by Gasteiger charge is 2.26. The molecule has 0 unspecified atom stereocenters. The average Bonchev–Trinajstić information content (AvgIpc) is 3.46. The van der Waals surface area contributed by atoms with Crippen LogP contribution in [0.15, 0.2) is 43.0 Å². The van der Waals surface area contributed by atoms with Crippen molar-refractivity contribution < 1.29 is 22.2 Å². The number of amides is 1. The standard InChI is InChI=1S/C16H16N4O5S2/c21-16(20-5-1-2-6-20)15-18-14(19-25-15)11-8-13(26-10-11)27(22,23)17-9-12-4-3-7-24-12/h3-4,7-8,10,17H,1-2,5-6,9H2. The van der Waals surface area contributed by atoms with E-state index in [0.29, 0.717) is 24.4 Å². The van der Waals surface area contributed by atoms with Gasteiger partial charge in [-0.05, 0) is 31.0 Å². The first kappa shape index (κ1) is 17.9. The number of sulfonamides is 1. The Hall–Kier alpha value is -2.50. The number of hydrogen-bond donors (Lipinski definition) is 1. The van der Waals surface area contributed by atoms with E-state index >= 15 is 0 Å². The zero-order valence-corrected chi connectivity index (χ0v) is 15.8. The van der Waals surface area contributed by atoms with Crippen LogP contribution < -0.4 is 4.72 Å². The number of hydrogen-bond acceptors (Lipinski definition) is 8. The number of thiophene rings is 1. The maximum atomic E-state index is 12.4. The van der Waals surface area contributed by atoms with Gasteiger partial charge in [-0.15, -0.1) is 11.3 Å². The Labute approximate surface area is 159 Å². The van der Waals surface area contributed by atoms with Crippen molar-refractivity contribution in [1.29, 1.82) is 0 Å². The summed E-state index contributed by atoms with van der Waals surface area (Å²) < 4.78 is 37.5. The third-order valence-electron chi connectivity index (χ3n) is 4.12. The van der Waals surface area contributed by atoms with Gasteiger partial charge < -0.3 is 13.8 Å². The van der Waals surface area contributed by atoms with Gasteiger partial charge in [0.05, 0.1) is 12.8 Å². The molecule has 0 aromatic carbocycles. The summed E-state index contributed by atoms with van der Waals surface area (Å²) in [5.74, 6) is 0.313. The number of nitrogens with zero attached hydrogens (tertiary/aromatic N) is 3. The van der Waals surface area contributed by atoms with E-state index in [2.05, 4.69) is 14.9 Å². The molecule has 0 aliphatic carbocycles. The van der Waals surface area contributed by atoms with Crippen molar-refractivity contribution in [2.75, 3.05) is 13.1 Å². The first-order valence-corrected chi connectivity index (χ1v) is 10.6. The number of rotatable bonds is 6. The number of carbonyl (C=O) groups excluding carboxylic acids is 1. The van der Waals surface area contributed by atoms with Gasteiger partial charge in [0.2, 0.25) is 15.8 Å². The van der Waals surface area contributed by atoms with Crippen LogP contribution in [0.5, 0.6) is 0 Å². The zero-order valence-electron chi connectivity index (χ0n) is 14.1. The average molecular weight is 408 g/mol. The second-order valence-electron chi connectivity index (χ2n) is 5.98. The first-order chi connectivity index (χ1) is 13.0. The predicted molar refractivity (Wildman–Crippen MR) is 95.5 cm³/mol. The lowest BCUT2D eigenvalue weighted by Gasteiger charge is -2.10. The third-order valence-corrected chi connectivity index (χ3v) is 6.96. The Bertz CT molecular complexity index is 1030. The Balaban J connectivity index is 1.48. The molecule has 0 radical (unpaired) electrons. The number of carbonyl (C=O) groups is 1. The van der Waals surface area contributed by atoms with Crippen molar-refractivity contribution in [2.24, 2.45) is 0 Å². The summed E-state index contributed by atoms with van der Waals surface area (Å²) in [5.41, 5.74) is 0.475. The molecule has 3 aromatic rings. The van der Waals surface area contributed by atoms with Gasteiger partial charge >= 0.3 is 11.8 Å². The topological polar surface area (TPSA) is 119 Å². The minimum absolute atomic E-state index is 0.0548. The summed E-state index contributed by atoms with van der Waals surface area (Å²) in [5, 5.41) is 5.41. The maximum Gasteiger partial charge on any atom is 0.316 e. The molecule has 1 aliphatic rings. The molecule has 0 atom stereocenters. The van der Waals surface area contributed by atoms with Crippen LogP contribution in [-0.4, -0.2) is 42.5 Å². The molecule has 4 rings (SSSR count). The van der Waals surface area contributed by atoms with Crippen LogP contribution in [-0.2, 0) is 16.6 Å². The molecule has 3 aromatic heterocycles. The smallest absolute Gasteiger partial charge is 0.316 e. The first-order valence-electron chi connectivity index (χ1n) is 8.27. The van der Waals surface area contributed by atoms with Crippen LogP contribution in [0.1, 0.15) is 29.3 Å². The molecule has 1 N–H and O–H groups in total. The van der Waals surface area contributed by atoms with Crippen molar-refractivity contribution in [2.45, 2.75) is 23.6 Å². The summed E-state index contributed by atoms with van der Waals surface area (Å²) in [4.78, 5) is 18.1. The summed E-state index contributed by atoms with van der Waals surface area (Å²) in [7, 11) is -3.70. The second kappa shape index (κ2) is 7.25. The third kappa shape index (κ3) is 3.80. The summed E-state index contributed by atoms with van der Waals surface area (Å²) in [6.07, 6.45) is 3.40. The highest BCUT2D eigenvalue weighted by atomic mass is 32.2. The summed E-state index contributed by atoms with van der Waals surface area (Å²) in [6, 6.07) is 4.81. The van der Waals surface area contributed by atoms with Crippen LogP contribution in [0.4, 0.5) is 0 Å². The molecule has 9 nitrogen and oxygen atoms in total. The van der Waals surface area contributed by atoms with Gasteiger partial charge in [-0.2, -0.15) is 4.98 Å². The molecular formula is C16H16N4O5S2. The Morgan fingerprint density at radius 2 is 2.15 bits per heavy atom. The van der Waals surface area contributed by atoms with Gasteiger partial charge in [0.25, 0.3) is 0 Å². The van der Waals surface area contributed by atoms with Crippen molar-refractivity contribution in [3.63, 3.8) is 0 Å². The van der Waals surface area contributed by atoms with Crippen LogP contribution in [0, 0.1) is 0 Å². The monoisotopic (exact) mass is 408 g/mol. The fourth-order valence-electron chi connectivity index (χ4n) is 2.71. The van der Waals surface area contributed by atoms with Crippen molar-refractivity contribution in [3.05, 3.63) is 41.5 Å². The van der Waals surface area contributed by atoms with Crippen LogP contribution in [0.3, 0.4) is 0 Å². The number of likely N-dealkylation sites (tertiary alicyclic amines) is 1. The van der Waals surface area contributed by atoms with Gasteiger partial charge in [0.1, 0.15) is 9.97 Å². The normalized spacial score (nSPS) is 14.7. The van der Waals surface area contributed by atoms with E-state index in [9.17, 15) is 13.2 Å². The maximum absolute atomic E-state index is 12.4. The number of nitrogens with one attached hydrogen (secondary N) is 1. The fourth-order valence-corrected chi connectivity index (χ4v) is 4.90. The molecule has 27 heavy (non-hydrogen) atoms. The molecule has 11 heteroatoms. The Morgan fingerprint density at radius 3 is 2.89 bits per heavy atom. The quantitative estimate of drug-likeness (QED) is 0.663. The molecule has 0 saturated carbocycles. The molecule has 1 saturated heterocycles. The molecule has 4 heterocycles. The van der Waals surface area contributed by atoms with E-state index in [1.54, 1.807) is 22.4 Å². The largest absolute Gasteiger partial charge is 0.468 e.